The van der Waals surface area contributed by atoms with Crippen molar-refractivity contribution in [3.63, 3.8) is 0 Å². The number of amides is 1. The maximum atomic E-state index is 13.6. The van der Waals surface area contributed by atoms with E-state index in [0.717, 1.165) is 20.6 Å². The first-order valence-electron chi connectivity index (χ1n) is 13.3. The lowest BCUT2D eigenvalue weighted by Gasteiger charge is -2.25. The van der Waals surface area contributed by atoms with Crippen LogP contribution < -0.4 is 19.2 Å². The van der Waals surface area contributed by atoms with Crippen LogP contribution in [0.2, 0.25) is 5.02 Å². The Balaban J connectivity index is 1.25. The SMILES string of the molecule is COc1ccc(Cl)cc1N(CC(=O)N/N=C\c1ccc(OCc2cccc3ccccc23)cc1)S(=O)(=O)c1ccccc1. The molecule has 8 nitrogen and oxygen atoms in total. The van der Waals surface area contributed by atoms with Crippen LogP contribution in [0.5, 0.6) is 11.5 Å². The number of carbonyl (C=O) groups is 1. The molecule has 218 valence electrons. The maximum absolute atomic E-state index is 13.6. The van der Waals surface area contributed by atoms with Gasteiger partial charge in [0.05, 0.1) is 23.9 Å². The fraction of sp³-hybridized carbons (Fsp3) is 0.0909. The van der Waals surface area contributed by atoms with E-state index in [1.807, 2.05) is 36.4 Å². The highest BCUT2D eigenvalue weighted by atomic mass is 35.5. The molecule has 43 heavy (non-hydrogen) atoms. The van der Waals surface area contributed by atoms with E-state index in [4.69, 9.17) is 21.1 Å². The Labute approximate surface area is 255 Å². The van der Waals surface area contributed by atoms with E-state index in [1.165, 1.54) is 37.6 Å². The van der Waals surface area contributed by atoms with Crippen molar-refractivity contribution in [2.75, 3.05) is 18.0 Å². The first-order valence-corrected chi connectivity index (χ1v) is 15.1. The normalized spacial score (nSPS) is 11.4. The molecule has 1 amide bonds. The van der Waals surface area contributed by atoms with Crippen LogP contribution in [0.25, 0.3) is 10.8 Å². The number of methoxy groups -OCH3 is 1. The number of ether oxygens (including phenoxy) is 2. The number of anilines is 1. The molecule has 0 aliphatic rings. The minimum Gasteiger partial charge on any atom is -0.495 e. The molecule has 0 heterocycles. The van der Waals surface area contributed by atoms with Gasteiger partial charge in [-0.15, -0.1) is 0 Å². The van der Waals surface area contributed by atoms with Crippen LogP contribution >= 0.6 is 11.6 Å². The molecular formula is C33H28ClN3O5S. The van der Waals surface area contributed by atoms with Crippen molar-refractivity contribution in [3.05, 3.63) is 131 Å². The van der Waals surface area contributed by atoms with Gasteiger partial charge in [0.2, 0.25) is 0 Å². The summed E-state index contributed by atoms with van der Waals surface area (Å²) in [5.41, 5.74) is 4.33. The van der Waals surface area contributed by atoms with E-state index in [1.54, 1.807) is 36.4 Å². The van der Waals surface area contributed by atoms with Crippen molar-refractivity contribution in [3.8, 4) is 11.5 Å². The molecule has 0 fully saturated rings. The molecule has 5 aromatic carbocycles. The summed E-state index contributed by atoms with van der Waals surface area (Å²) in [6, 6.07) is 33.9. The topological polar surface area (TPSA) is 97.3 Å². The van der Waals surface area contributed by atoms with Crippen LogP contribution in [0.4, 0.5) is 5.69 Å². The number of halogens is 1. The second-order valence-corrected chi connectivity index (χ2v) is 11.7. The molecule has 0 spiro atoms. The van der Waals surface area contributed by atoms with Gasteiger partial charge in [0.25, 0.3) is 15.9 Å². The Hall–Kier alpha value is -4.86. The zero-order valence-electron chi connectivity index (χ0n) is 23.2. The molecule has 0 atom stereocenters. The summed E-state index contributed by atoms with van der Waals surface area (Å²) in [6.45, 7) is -0.142. The summed E-state index contributed by atoms with van der Waals surface area (Å²) in [6.07, 6.45) is 1.46. The maximum Gasteiger partial charge on any atom is 0.264 e. The molecule has 5 aromatic rings. The lowest BCUT2D eigenvalue weighted by atomic mass is 10.1. The fourth-order valence-corrected chi connectivity index (χ4v) is 6.06. The number of nitrogens with zero attached hydrogens (tertiary/aromatic N) is 2. The molecule has 5 rings (SSSR count). The summed E-state index contributed by atoms with van der Waals surface area (Å²) >= 11 is 6.18. The van der Waals surface area contributed by atoms with Crippen molar-refractivity contribution in [2.24, 2.45) is 5.10 Å². The third-order valence-corrected chi connectivity index (χ3v) is 8.59. The van der Waals surface area contributed by atoms with Crippen molar-refractivity contribution in [2.45, 2.75) is 11.5 Å². The highest BCUT2D eigenvalue weighted by Crippen LogP contribution is 2.34. The predicted molar refractivity (Wildman–Crippen MR) is 169 cm³/mol. The van der Waals surface area contributed by atoms with Crippen LogP contribution in [-0.2, 0) is 21.4 Å². The quantitative estimate of drug-likeness (QED) is 0.137. The molecule has 0 saturated heterocycles. The van der Waals surface area contributed by atoms with E-state index in [-0.39, 0.29) is 21.4 Å². The third kappa shape index (κ3) is 7.14. The lowest BCUT2D eigenvalue weighted by molar-refractivity contribution is -0.119. The molecule has 0 aromatic heterocycles. The summed E-state index contributed by atoms with van der Waals surface area (Å²) in [4.78, 5) is 12.9. The molecule has 10 heteroatoms. The van der Waals surface area contributed by atoms with Crippen molar-refractivity contribution < 1.29 is 22.7 Å². The second-order valence-electron chi connectivity index (χ2n) is 9.43. The van der Waals surface area contributed by atoms with E-state index >= 15 is 0 Å². The molecule has 1 N–H and O–H groups in total. The standard InChI is InChI=1S/C33H28ClN3O5S/c1-41-32-19-16-27(34)20-31(32)37(43(39,40)29-11-3-2-4-12-29)22-33(38)36-35-21-24-14-17-28(18-15-24)42-23-26-10-7-9-25-8-5-6-13-30(25)26/h2-21H,22-23H2,1H3,(H,36,38)/b35-21-. The number of hydrogen-bond acceptors (Lipinski definition) is 6. The number of carbonyl (C=O) groups excluding carboxylic acids is 1. The van der Waals surface area contributed by atoms with Gasteiger partial charge in [0.1, 0.15) is 24.7 Å². The number of rotatable bonds is 11. The van der Waals surface area contributed by atoms with Gasteiger partial charge < -0.3 is 9.47 Å². The number of benzene rings is 5. The molecule has 0 bridgehead atoms. The number of hydrogen-bond donors (Lipinski definition) is 1. The van der Waals surface area contributed by atoms with Gasteiger partial charge in [-0.05, 0) is 76.5 Å². The zero-order chi connectivity index (χ0) is 30.2. The van der Waals surface area contributed by atoms with Crippen LogP contribution in [0, 0.1) is 0 Å². The number of fused-ring (bicyclic) bond motifs is 1. The number of hydrazone groups is 1. The molecular weight excluding hydrogens is 586 g/mol. The average molecular weight is 614 g/mol. The van der Waals surface area contributed by atoms with Gasteiger partial charge >= 0.3 is 0 Å². The zero-order valence-corrected chi connectivity index (χ0v) is 24.8. The van der Waals surface area contributed by atoms with Crippen molar-refractivity contribution in [1.82, 2.24) is 5.43 Å². The van der Waals surface area contributed by atoms with Gasteiger partial charge in [0.15, 0.2) is 0 Å². The molecule has 0 saturated carbocycles. The van der Waals surface area contributed by atoms with E-state index < -0.39 is 22.5 Å². The van der Waals surface area contributed by atoms with E-state index in [2.05, 4.69) is 28.7 Å². The molecule has 0 radical (unpaired) electrons. The minimum atomic E-state index is -4.15. The predicted octanol–water partition coefficient (Wildman–Crippen LogP) is 6.43. The summed E-state index contributed by atoms with van der Waals surface area (Å²) in [5, 5.41) is 6.60. The first kappa shape index (κ1) is 29.6. The van der Waals surface area contributed by atoms with Crippen molar-refractivity contribution in [1.29, 1.82) is 0 Å². The van der Waals surface area contributed by atoms with Gasteiger partial charge in [0, 0.05) is 5.02 Å². The minimum absolute atomic E-state index is 0.0103. The second kappa shape index (κ2) is 13.4. The van der Waals surface area contributed by atoms with Crippen LogP contribution in [-0.4, -0.2) is 34.2 Å². The fourth-order valence-electron chi connectivity index (χ4n) is 4.45. The summed E-state index contributed by atoms with van der Waals surface area (Å²) < 4.78 is 39.5. The van der Waals surface area contributed by atoms with Crippen LogP contribution in [0.1, 0.15) is 11.1 Å². The monoisotopic (exact) mass is 613 g/mol. The highest BCUT2D eigenvalue weighted by molar-refractivity contribution is 7.92. The lowest BCUT2D eigenvalue weighted by Crippen LogP contribution is -2.39. The Morgan fingerprint density at radius 1 is 0.907 bits per heavy atom. The van der Waals surface area contributed by atoms with Gasteiger partial charge in [-0.25, -0.2) is 13.8 Å². The van der Waals surface area contributed by atoms with Crippen LogP contribution in [0.15, 0.2) is 125 Å². The van der Waals surface area contributed by atoms with Gasteiger partial charge in [-0.1, -0.05) is 72.3 Å². The van der Waals surface area contributed by atoms with E-state index in [9.17, 15) is 13.2 Å². The largest absolute Gasteiger partial charge is 0.495 e. The Kier molecular flexibility index (Phi) is 9.24. The smallest absolute Gasteiger partial charge is 0.264 e. The third-order valence-electron chi connectivity index (χ3n) is 6.59. The van der Waals surface area contributed by atoms with Gasteiger partial charge in [-0.3, -0.25) is 9.10 Å². The number of sulfonamides is 1. The molecule has 0 aliphatic carbocycles. The highest BCUT2D eigenvalue weighted by Gasteiger charge is 2.29. The average Bonchev–Trinajstić information content (AvgIpc) is 3.03. The van der Waals surface area contributed by atoms with E-state index in [0.29, 0.717) is 17.9 Å². The Morgan fingerprint density at radius 2 is 1.63 bits per heavy atom. The first-order chi connectivity index (χ1) is 20.8. The van der Waals surface area contributed by atoms with Gasteiger partial charge in [-0.2, -0.15) is 5.10 Å². The number of nitrogens with one attached hydrogen (secondary N) is 1. The van der Waals surface area contributed by atoms with Crippen LogP contribution in [0.3, 0.4) is 0 Å². The van der Waals surface area contributed by atoms with Crippen molar-refractivity contribution >= 4 is 50.2 Å². The molecule has 0 aliphatic heterocycles. The Morgan fingerprint density at radius 3 is 2.40 bits per heavy atom. The molecule has 0 unspecified atom stereocenters. The summed E-state index contributed by atoms with van der Waals surface area (Å²) in [5.74, 6) is 0.266. The Bertz CT molecular complexity index is 1860. The summed E-state index contributed by atoms with van der Waals surface area (Å²) in [7, 11) is -2.74.